The van der Waals surface area contributed by atoms with Crippen LogP contribution in [0, 0.1) is 0 Å². The Bertz CT molecular complexity index is 193. The maximum absolute atomic E-state index is 3.81. The maximum Gasteiger partial charge on any atom is 0.0246 e. The van der Waals surface area contributed by atoms with E-state index in [-0.39, 0.29) is 0 Å². The molecule has 0 aromatic rings. The molecule has 2 heteroatoms. The summed E-state index contributed by atoms with van der Waals surface area (Å²) in [5.74, 6) is 0. The summed E-state index contributed by atoms with van der Waals surface area (Å²) in [7, 11) is 0. The lowest BCUT2D eigenvalue weighted by molar-refractivity contribution is 0.134. The topological polar surface area (TPSA) is 15.3 Å². The Hall–Kier alpha value is -0.0800. The van der Waals surface area contributed by atoms with E-state index < -0.39 is 0 Å². The summed E-state index contributed by atoms with van der Waals surface area (Å²) < 4.78 is 0. The van der Waals surface area contributed by atoms with Crippen LogP contribution in [0.25, 0.3) is 0 Å². The van der Waals surface area contributed by atoms with Gasteiger partial charge < -0.3 is 5.32 Å². The zero-order valence-corrected chi connectivity index (χ0v) is 13.6. The molecule has 1 saturated heterocycles. The summed E-state index contributed by atoms with van der Waals surface area (Å²) in [6.07, 6.45) is 12.3. The highest BCUT2D eigenvalue weighted by molar-refractivity contribution is 4.84. The summed E-state index contributed by atoms with van der Waals surface area (Å²) in [4.78, 5) is 2.79. The minimum atomic E-state index is 0.703. The van der Waals surface area contributed by atoms with Gasteiger partial charge in [-0.25, -0.2) is 0 Å². The van der Waals surface area contributed by atoms with Crippen LogP contribution in [-0.4, -0.2) is 36.6 Å². The van der Waals surface area contributed by atoms with Crippen molar-refractivity contribution in [3.8, 4) is 0 Å². The average Bonchev–Trinajstić information content (AvgIpc) is 2.38. The number of likely N-dealkylation sites (tertiary alicyclic amines) is 1. The monoisotopic (exact) mass is 268 g/mol. The molecule has 1 N–H and O–H groups in total. The van der Waals surface area contributed by atoms with Crippen molar-refractivity contribution in [1.29, 1.82) is 0 Å². The van der Waals surface area contributed by atoms with Crippen LogP contribution in [0.15, 0.2) is 0 Å². The van der Waals surface area contributed by atoms with Crippen LogP contribution in [0.2, 0.25) is 0 Å². The Morgan fingerprint density at radius 3 is 2.05 bits per heavy atom. The van der Waals surface area contributed by atoms with Crippen LogP contribution in [0.1, 0.15) is 78.6 Å². The molecule has 1 rings (SSSR count). The number of hydrogen-bond donors (Lipinski definition) is 1. The first-order chi connectivity index (χ1) is 9.33. The second kappa shape index (κ2) is 10.7. The molecule has 0 radical (unpaired) electrons. The fraction of sp³-hybridized carbons (Fsp3) is 1.00. The molecule has 2 nitrogen and oxygen atoms in total. The molecule has 0 amide bonds. The van der Waals surface area contributed by atoms with Gasteiger partial charge in [0.2, 0.25) is 0 Å². The summed E-state index contributed by atoms with van der Waals surface area (Å²) in [5, 5.41) is 3.81. The molecule has 1 fully saturated rings. The van der Waals surface area contributed by atoms with Crippen LogP contribution in [-0.2, 0) is 0 Å². The number of rotatable bonds is 8. The third-order valence-electron chi connectivity index (χ3n) is 4.50. The van der Waals surface area contributed by atoms with Crippen molar-refractivity contribution in [2.75, 3.05) is 19.6 Å². The molecule has 0 aromatic heterocycles. The Morgan fingerprint density at radius 1 is 0.895 bits per heavy atom. The molecule has 1 heterocycles. The average molecular weight is 268 g/mol. The summed E-state index contributed by atoms with van der Waals surface area (Å²) in [5.41, 5.74) is 0. The smallest absolute Gasteiger partial charge is 0.0246 e. The highest BCUT2D eigenvalue weighted by atomic mass is 15.2. The lowest BCUT2D eigenvalue weighted by atomic mass is 9.97. The maximum atomic E-state index is 3.81. The minimum absolute atomic E-state index is 0.703. The molecule has 1 aliphatic rings. The van der Waals surface area contributed by atoms with E-state index in [1.54, 1.807) is 0 Å². The third-order valence-corrected chi connectivity index (χ3v) is 4.50. The zero-order valence-electron chi connectivity index (χ0n) is 13.6. The lowest BCUT2D eigenvalue weighted by Gasteiger charge is -2.38. The molecule has 0 spiro atoms. The first-order valence-electron chi connectivity index (χ1n) is 8.80. The normalized spacial score (nSPS) is 21.6. The first kappa shape index (κ1) is 17.0. The molecule has 0 saturated carbocycles. The van der Waals surface area contributed by atoms with E-state index in [9.17, 15) is 0 Å². The predicted octanol–water partition coefficient (Wildman–Crippen LogP) is 4.20. The Kier molecular flexibility index (Phi) is 9.54. The predicted molar refractivity (Wildman–Crippen MR) is 85.7 cm³/mol. The molecular formula is C17H36N2. The highest BCUT2D eigenvalue weighted by Crippen LogP contribution is 2.19. The molecule has 0 aliphatic carbocycles. The SMILES string of the molecule is CCCNC(CCC)C(CC)N1CCCCCCC1. The molecule has 0 bridgehead atoms. The van der Waals surface area contributed by atoms with Crippen molar-refractivity contribution in [2.45, 2.75) is 90.6 Å². The second-order valence-corrected chi connectivity index (χ2v) is 6.13. The van der Waals surface area contributed by atoms with Crippen molar-refractivity contribution >= 4 is 0 Å². The quantitative estimate of drug-likeness (QED) is 0.710. The summed E-state index contributed by atoms with van der Waals surface area (Å²) in [6, 6.07) is 1.46. The van der Waals surface area contributed by atoms with Gasteiger partial charge in [-0.05, 0) is 51.7 Å². The fourth-order valence-corrected chi connectivity index (χ4v) is 3.47. The van der Waals surface area contributed by atoms with Crippen LogP contribution in [0.3, 0.4) is 0 Å². The van der Waals surface area contributed by atoms with Crippen molar-refractivity contribution < 1.29 is 0 Å². The molecule has 2 atom stereocenters. The fourth-order valence-electron chi connectivity index (χ4n) is 3.47. The molecular weight excluding hydrogens is 232 g/mol. The standard InChI is InChI=1S/C17H36N2/c1-4-12-16(18-13-5-2)17(6-3)19-14-10-8-7-9-11-15-19/h16-18H,4-15H2,1-3H3. The summed E-state index contributed by atoms with van der Waals surface area (Å²) in [6.45, 7) is 10.8. The molecule has 0 aromatic carbocycles. The van der Waals surface area contributed by atoms with Crippen molar-refractivity contribution in [1.82, 2.24) is 10.2 Å². The Morgan fingerprint density at radius 2 is 1.53 bits per heavy atom. The van der Waals surface area contributed by atoms with E-state index in [1.165, 1.54) is 77.4 Å². The minimum Gasteiger partial charge on any atom is -0.312 e. The molecule has 2 unspecified atom stereocenters. The number of nitrogens with one attached hydrogen (secondary N) is 1. The van der Waals surface area contributed by atoms with Crippen LogP contribution in [0.5, 0.6) is 0 Å². The zero-order chi connectivity index (χ0) is 13.9. The van der Waals surface area contributed by atoms with Gasteiger partial charge in [-0.3, -0.25) is 4.90 Å². The number of nitrogens with zero attached hydrogens (tertiary/aromatic N) is 1. The summed E-state index contributed by atoms with van der Waals surface area (Å²) >= 11 is 0. The van der Waals surface area contributed by atoms with Crippen molar-refractivity contribution in [2.24, 2.45) is 0 Å². The highest BCUT2D eigenvalue weighted by Gasteiger charge is 2.25. The molecule has 1 aliphatic heterocycles. The van der Waals surface area contributed by atoms with Crippen molar-refractivity contribution in [3.63, 3.8) is 0 Å². The third kappa shape index (κ3) is 6.27. The van der Waals surface area contributed by atoms with Gasteiger partial charge in [0.1, 0.15) is 0 Å². The second-order valence-electron chi connectivity index (χ2n) is 6.13. The van der Waals surface area contributed by atoms with Gasteiger partial charge in [0, 0.05) is 12.1 Å². The number of hydrogen-bond acceptors (Lipinski definition) is 2. The molecule has 114 valence electrons. The van der Waals surface area contributed by atoms with Gasteiger partial charge in [0.25, 0.3) is 0 Å². The van der Waals surface area contributed by atoms with Crippen LogP contribution in [0.4, 0.5) is 0 Å². The van der Waals surface area contributed by atoms with Crippen molar-refractivity contribution in [3.05, 3.63) is 0 Å². The van der Waals surface area contributed by atoms with E-state index in [1.807, 2.05) is 0 Å². The van der Waals surface area contributed by atoms with Crippen LogP contribution < -0.4 is 5.32 Å². The Balaban J connectivity index is 2.58. The van der Waals surface area contributed by atoms with E-state index in [2.05, 4.69) is 31.0 Å². The van der Waals surface area contributed by atoms with E-state index >= 15 is 0 Å². The van der Waals surface area contributed by atoms with Gasteiger partial charge in [-0.15, -0.1) is 0 Å². The van der Waals surface area contributed by atoms with Gasteiger partial charge >= 0.3 is 0 Å². The van der Waals surface area contributed by atoms with E-state index in [4.69, 9.17) is 0 Å². The Labute approximate surface area is 121 Å². The molecule has 19 heavy (non-hydrogen) atoms. The first-order valence-corrected chi connectivity index (χ1v) is 8.80. The van der Waals surface area contributed by atoms with E-state index in [0.717, 1.165) is 6.04 Å². The largest absolute Gasteiger partial charge is 0.312 e. The van der Waals surface area contributed by atoms with Gasteiger partial charge in [-0.1, -0.05) is 46.5 Å². The van der Waals surface area contributed by atoms with Gasteiger partial charge in [-0.2, -0.15) is 0 Å². The van der Waals surface area contributed by atoms with E-state index in [0.29, 0.717) is 6.04 Å². The lowest BCUT2D eigenvalue weighted by Crippen LogP contribution is -2.50. The van der Waals surface area contributed by atoms with Gasteiger partial charge in [0.05, 0.1) is 0 Å². The van der Waals surface area contributed by atoms with Gasteiger partial charge in [0.15, 0.2) is 0 Å². The van der Waals surface area contributed by atoms with Crippen LogP contribution >= 0.6 is 0 Å².